The Balaban J connectivity index is 1.55. The van der Waals surface area contributed by atoms with E-state index in [-0.39, 0.29) is 24.7 Å². The van der Waals surface area contributed by atoms with Crippen molar-refractivity contribution in [3.63, 3.8) is 0 Å². The molecule has 1 atom stereocenters. The quantitative estimate of drug-likeness (QED) is 0.0972. The van der Waals surface area contributed by atoms with Crippen LogP contribution < -0.4 is 10.1 Å². The molecule has 0 radical (unpaired) electrons. The van der Waals surface area contributed by atoms with Gasteiger partial charge < -0.3 is 24.8 Å². The van der Waals surface area contributed by atoms with Gasteiger partial charge in [0.1, 0.15) is 12.4 Å². The summed E-state index contributed by atoms with van der Waals surface area (Å²) in [5.41, 5.74) is 1.22. The van der Waals surface area contributed by atoms with Crippen LogP contribution in [0.25, 0.3) is 0 Å². The van der Waals surface area contributed by atoms with Crippen molar-refractivity contribution in [1.29, 1.82) is 0 Å². The van der Waals surface area contributed by atoms with Gasteiger partial charge in [-0.1, -0.05) is 30.3 Å². The number of ether oxygens (including phenoxy) is 2. The summed E-state index contributed by atoms with van der Waals surface area (Å²) in [6.07, 6.45) is 0.104. The molecule has 0 heterocycles. The lowest BCUT2D eigenvalue weighted by Gasteiger charge is -2.23. The first-order valence-corrected chi connectivity index (χ1v) is 13.9. The zero-order chi connectivity index (χ0) is 28.7. The van der Waals surface area contributed by atoms with Crippen molar-refractivity contribution in [2.24, 2.45) is 0 Å². The minimum absolute atomic E-state index is 0.0522. The summed E-state index contributed by atoms with van der Waals surface area (Å²) in [5.74, 6) is 0.422. The Morgan fingerprint density at radius 1 is 1.02 bits per heavy atom. The molecule has 0 fully saturated rings. The Kier molecular flexibility index (Phi) is 12.3. The summed E-state index contributed by atoms with van der Waals surface area (Å²) >= 11 is 1.71. The minimum atomic E-state index is -1.00. The van der Waals surface area contributed by atoms with Crippen molar-refractivity contribution in [2.45, 2.75) is 30.8 Å². The topological polar surface area (TPSA) is 131 Å². The van der Waals surface area contributed by atoms with Crippen LogP contribution in [-0.2, 0) is 16.0 Å². The van der Waals surface area contributed by atoms with E-state index in [9.17, 15) is 24.8 Å². The van der Waals surface area contributed by atoms with Crippen molar-refractivity contribution in [3.05, 3.63) is 94.5 Å². The SMILES string of the molecule is CCOC(Cc1ccc(OCCN(CCCSc2ccccc2)C(=O)Nc2ccc([N+](=O)[O-])cc2)cc1)C(=O)O. The number of anilines is 1. The molecule has 3 aromatic carbocycles. The summed E-state index contributed by atoms with van der Waals surface area (Å²) in [5, 5.41) is 23.0. The van der Waals surface area contributed by atoms with Crippen molar-refractivity contribution < 1.29 is 29.1 Å². The molecule has 11 heteroatoms. The molecule has 2 amide bonds. The standard InChI is InChI=1S/C29H33N3O7S/c1-2-38-27(28(33)34)21-22-9-15-25(16-10-22)39-19-18-31(17-6-20-40-26-7-4-3-5-8-26)29(35)30-23-11-13-24(14-12-23)32(36)37/h3-5,7-16,27H,2,6,17-21H2,1H3,(H,30,35)(H,33,34). The van der Waals surface area contributed by atoms with Crippen LogP contribution in [0.1, 0.15) is 18.9 Å². The molecule has 2 N–H and O–H groups in total. The molecule has 0 saturated carbocycles. The molecule has 0 aliphatic carbocycles. The predicted octanol–water partition coefficient (Wildman–Crippen LogP) is 5.72. The zero-order valence-corrected chi connectivity index (χ0v) is 23.0. The first kappa shape index (κ1) is 30.5. The van der Waals surface area contributed by atoms with Crippen LogP contribution in [0, 0.1) is 10.1 Å². The van der Waals surface area contributed by atoms with Crippen molar-refractivity contribution in [3.8, 4) is 5.75 Å². The second-order valence-corrected chi connectivity index (χ2v) is 9.88. The fraction of sp³-hybridized carbons (Fsp3) is 0.310. The van der Waals surface area contributed by atoms with Gasteiger partial charge in [0.05, 0.1) is 11.5 Å². The second-order valence-electron chi connectivity index (χ2n) is 8.72. The van der Waals surface area contributed by atoms with Gasteiger partial charge in [0.2, 0.25) is 0 Å². The molecule has 212 valence electrons. The monoisotopic (exact) mass is 567 g/mol. The van der Waals surface area contributed by atoms with E-state index >= 15 is 0 Å². The van der Waals surface area contributed by atoms with E-state index < -0.39 is 17.0 Å². The van der Waals surface area contributed by atoms with E-state index in [0.717, 1.165) is 22.6 Å². The molecule has 0 aromatic heterocycles. The molecular formula is C29H33N3O7S. The Bertz CT molecular complexity index is 1220. The number of carboxylic acid groups (broad SMARTS) is 1. The molecule has 10 nitrogen and oxygen atoms in total. The highest BCUT2D eigenvalue weighted by Crippen LogP contribution is 2.19. The number of nitrogens with one attached hydrogen (secondary N) is 1. The third-order valence-electron chi connectivity index (χ3n) is 5.82. The molecule has 0 spiro atoms. The predicted molar refractivity (Wildman–Crippen MR) is 154 cm³/mol. The van der Waals surface area contributed by atoms with Crippen molar-refractivity contribution in [2.75, 3.05) is 37.4 Å². The number of aliphatic carboxylic acids is 1. The van der Waals surface area contributed by atoms with Gasteiger partial charge in [-0.25, -0.2) is 9.59 Å². The number of thioether (sulfide) groups is 1. The van der Waals surface area contributed by atoms with Crippen LogP contribution in [-0.4, -0.2) is 65.1 Å². The number of rotatable bonds is 16. The lowest BCUT2D eigenvalue weighted by molar-refractivity contribution is -0.384. The van der Waals surface area contributed by atoms with Crippen LogP contribution in [0.15, 0.2) is 83.8 Å². The Morgan fingerprint density at radius 3 is 2.35 bits per heavy atom. The Labute approximate surface area is 237 Å². The van der Waals surface area contributed by atoms with Crippen LogP contribution in [0.3, 0.4) is 0 Å². The van der Waals surface area contributed by atoms with E-state index in [2.05, 4.69) is 5.32 Å². The normalized spacial score (nSPS) is 11.4. The van der Waals surface area contributed by atoms with Crippen LogP contribution in [0.2, 0.25) is 0 Å². The van der Waals surface area contributed by atoms with Gasteiger partial charge in [-0.3, -0.25) is 10.1 Å². The third kappa shape index (κ3) is 10.2. The highest BCUT2D eigenvalue weighted by atomic mass is 32.2. The number of benzene rings is 3. The van der Waals surface area contributed by atoms with Gasteiger partial charge >= 0.3 is 12.0 Å². The number of carboxylic acids is 1. The number of nitro groups is 1. The Morgan fingerprint density at radius 2 is 1.73 bits per heavy atom. The molecule has 0 aliphatic heterocycles. The molecule has 0 saturated heterocycles. The summed E-state index contributed by atoms with van der Waals surface area (Å²) in [6.45, 7) is 3.13. The van der Waals surface area contributed by atoms with Crippen molar-refractivity contribution >= 4 is 35.1 Å². The number of hydrogen-bond donors (Lipinski definition) is 2. The number of carbonyl (C=O) groups excluding carboxylic acids is 1. The third-order valence-corrected chi connectivity index (χ3v) is 6.92. The lowest BCUT2D eigenvalue weighted by atomic mass is 10.1. The number of non-ortho nitro benzene ring substituents is 1. The first-order valence-electron chi connectivity index (χ1n) is 12.9. The van der Waals surface area contributed by atoms with Crippen molar-refractivity contribution in [1.82, 2.24) is 4.90 Å². The Hall–Kier alpha value is -4.09. The second kappa shape index (κ2) is 16.1. The van der Waals surface area contributed by atoms with E-state index in [1.54, 1.807) is 47.9 Å². The minimum Gasteiger partial charge on any atom is -0.492 e. The average molecular weight is 568 g/mol. The summed E-state index contributed by atoms with van der Waals surface area (Å²) in [7, 11) is 0. The number of amides is 2. The summed E-state index contributed by atoms with van der Waals surface area (Å²) in [6, 6.07) is 22.5. The molecule has 40 heavy (non-hydrogen) atoms. The van der Waals surface area contributed by atoms with Gasteiger partial charge in [-0.05, 0) is 61.1 Å². The van der Waals surface area contributed by atoms with Crippen LogP contribution >= 0.6 is 11.8 Å². The summed E-state index contributed by atoms with van der Waals surface area (Å²) < 4.78 is 11.1. The first-order chi connectivity index (χ1) is 19.4. The molecular weight excluding hydrogens is 534 g/mol. The number of carbonyl (C=O) groups is 2. The van der Waals surface area contributed by atoms with E-state index in [1.807, 2.05) is 30.3 Å². The highest BCUT2D eigenvalue weighted by molar-refractivity contribution is 7.99. The van der Waals surface area contributed by atoms with Crippen LogP contribution in [0.5, 0.6) is 5.75 Å². The van der Waals surface area contributed by atoms with E-state index in [1.165, 1.54) is 24.3 Å². The molecule has 3 rings (SSSR count). The molecule has 3 aromatic rings. The van der Waals surface area contributed by atoms with Gasteiger partial charge in [0, 0.05) is 42.3 Å². The number of nitro benzene ring substituents is 1. The number of hydrogen-bond acceptors (Lipinski definition) is 7. The van der Waals surface area contributed by atoms with E-state index in [0.29, 0.717) is 31.1 Å². The van der Waals surface area contributed by atoms with Gasteiger partial charge in [-0.2, -0.15) is 0 Å². The maximum Gasteiger partial charge on any atom is 0.333 e. The number of nitrogens with zero attached hydrogens (tertiary/aromatic N) is 2. The molecule has 0 bridgehead atoms. The van der Waals surface area contributed by atoms with E-state index in [4.69, 9.17) is 9.47 Å². The fourth-order valence-electron chi connectivity index (χ4n) is 3.77. The van der Waals surface area contributed by atoms with Gasteiger partial charge in [-0.15, -0.1) is 11.8 Å². The fourth-order valence-corrected chi connectivity index (χ4v) is 4.63. The summed E-state index contributed by atoms with van der Waals surface area (Å²) in [4.78, 5) is 37.6. The smallest absolute Gasteiger partial charge is 0.333 e. The lowest BCUT2D eigenvalue weighted by Crippen LogP contribution is -2.38. The largest absolute Gasteiger partial charge is 0.492 e. The van der Waals surface area contributed by atoms with Gasteiger partial charge in [0.15, 0.2) is 6.10 Å². The molecule has 0 aliphatic rings. The molecule has 1 unspecified atom stereocenters. The average Bonchev–Trinajstić information content (AvgIpc) is 2.95. The maximum absolute atomic E-state index is 13.1. The highest BCUT2D eigenvalue weighted by Gasteiger charge is 2.18. The van der Waals surface area contributed by atoms with Gasteiger partial charge in [0.25, 0.3) is 5.69 Å². The van der Waals surface area contributed by atoms with Crippen LogP contribution in [0.4, 0.5) is 16.2 Å². The zero-order valence-electron chi connectivity index (χ0n) is 22.2. The maximum atomic E-state index is 13.1. The number of urea groups is 1.